The molecule has 3 aromatic rings. The maximum Gasteiger partial charge on any atom is 0.246 e. The topological polar surface area (TPSA) is 67.2 Å². The number of nitrogens with zero attached hydrogens (tertiary/aromatic N) is 3. The van der Waals surface area contributed by atoms with Crippen LogP contribution in [0.4, 0.5) is 14.5 Å². The smallest absolute Gasteiger partial charge is 0.246 e. The number of hydrogen-bond donors (Lipinski definition) is 1. The highest BCUT2D eigenvalue weighted by Crippen LogP contribution is 2.27. The zero-order valence-electron chi connectivity index (χ0n) is 17.6. The Morgan fingerprint density at radius 3 is 2.52 bits per heavy atom. The summed E-state index contributed by atoms with van der Waals surface area (Å²) in [7, 11) is 1.53. The first kappa shape index (κ1) is 22.9. The molecule has 0 spiro atoms. The maximum atomic E-state index is 13.8. The van der Waals surface area contributed by atoms with Crippen LogP contribution in [0.2, 0.25) is 0 Å². The van der Waals surface area contributed by atoms with Crippen molar-refractivity contribution in [2.75, 3.05) is 18.9 Å². The number of carbonyl (C=O) groups excluding carboxylic acids is 2. The predicted molar refractivity (Wildman–Crippen MR) is 119 cm³/mol. The number of aryl methyl sites for hydroxylation is 1. The lowest BCUT2D eigenvalue weighted by Gasteiger charge is -2.27. The summed E-state index contributed by atoms with van der Waals surface area (Å²) in [6, 6.07) is 6.77. The quantitative estimate of drug-likeness (QED) is 0.543. The second-order valence-corrected chi connectivity index (χ2v) is 8.71. The fourth-order valence-corrected chi connectivity index (χ4v) is 3.92. The van der Waals surface area contributed by atoms with Crippen molar-refractivity contribution in [2.24, 2.45) is 5.92 Å². The average molecular weight is 493 g/mol. The molecule has 6 nitrogen and oxygen atoms in total. The average Bonchev–Trinajstić information content (AvgIpc) is 3.06. The number of anilines is 1. The van der Waals surface area contributed by atoms with E-state index >= 15 is 0 Å². The van der Waals surface area contributed by atoms with Crippen LogP contribution in [0, 0.1) is 24.5 Å². The second kappa shape index (κ2) is 9.13. The lowest BCUT2D eigenvalue weighted by Crippen LogP contribution is -2.41. The molecule has 0 unspecified atom stereocenters. The molecule has 1 aromatic heterocycles. The number of rotatable bonds is 6. The van der Waals surface area contributed by atoms with E-state index in [0.717, 1.165) is 22.2 Å². The van der Waals surface area contributed by atoms with E-state index in [1.807, 2.05) is 32.9 Å². The first-order valence-corrected chi connectivity index (χ1v) is 10.5. The van der Waals surface area contributed by atoms with Gasteiger partial charge in [-0.1, -0.05) is 29.8 Å². The number of fused-ring (bicyclic) bond motifs is 1. The first-order chi connectivity index (χ1) is 14.6. The highest BCUT2D eigenvalue weighted by molar-refractivity contribution is 9.10. The first-order valence-electron chi connectivity index (χ1n) is 9.71. The van der Waals surface area contributed by atoms with E-state index in [2.05, 4.69) is 26.2 Å². The molecular weight excluding hydrogens is 470 g/mol. The van der Waals surface area contributed by atoms with Crippen molar-refractivity contribution in [3.8, 4) is 0 Å². The zero-order valence-corrected chi connectivity index (χ0v) is 19.2. The number of benzene rings is 2. The monoisotopic (exact) mass is 492 g/mol. The third-order valence-electron chi connectivity index (χ3n) is 5.02. The summed E-state index contributed by atoms with van der Waals surface area (Å²) in [6.45, 7) is 5.39. The van der Waals surface area contributed by atoms with Gasteiger partial charge in [-0.25, -0.2) is 13.8 Å². The summed E-state index contributed by atoms with van der Waals surface area (Å²) in [5.41, 5.74) is 2.11. The third kappa shape index (κ3) is 4.92. The van der Waals surface area contributed by atoms with Crippen molar-refractivity contribution < 1.29 is 18.4 Å². The van der Waals surface area contributed by atoms with Gasteiger partial charge in [-0.05, 0) is 36.6 Å². The van der Waals surface area contributed by atoms with Gasteiger partial charge in [0, 0.05) is 29.3 Å². The van der Waals surface area contributed by atoms with Crippen LogP contribution in [0.5, 0.6) is 0 Å². The molecule has 0 aliphatic rings. The summed E-state index contributed by atoms with van der Waals surface area (Å²) in [5, 5.41) is 2.81. The molecule has 9 heteroatoms. The highest BCUT2D eigenvalue weighted by atomic mass is 79.9. The Kier molecular flexibility index (Phi) is 6.74. The van der Waals surface area contributed by atoms with E-state index in [0.29, 0.717) is 11.2 Å². The predicted octanol–water partition coefficient (Wildman–Crippen LogP) is 4.68. The van der Waals surface area contributed by atoms with Crippen LogP contribution >= 0.6 is 15.9 Å². The van der Waals surface area contributed by atoms with Gasteiger partial charge >= 0.3 is 0 Å². The van der Waals surface area contributed by atoms with E-state index in [4.69, 9.17) is 0 Å². The third-order valence-corrected chi connectivity index (χ3v) is 5.51. The standard InChI is InChI=1S/C22H23BrF2N4O2/c1-12(2)21(29-11-26-18-8-15(24)16(25)9-19(18)29)22(31)28(4)10-20(30)27-17-6-5-14(23)7-13(17)3/h5-9,11-12,21H,10H2,1-4H3,(H,27,30)/t21-/m0/s1. The van der Waals surface area contributed by atoms with Crippen molar-refractivity contribution in [2.45, 2.75) is 26.8 Å². The van der Waals surface area contributed by atoms with Crippen LogP contribution < -0.4 is 5.32 Å². The molecule has 0 bridgehead atoms. The molecular formula is C22H23BrF2N4O2. The Morgan fingerprint density at radius 2 is 1.87 bits per heavy atom. The largest absolute Gasteiger partial charge is 0.335 e. The number of amides is 2. The van der Waals surface area contributed by atoms with Gasteiger partial charge in [-0.15, -0.1) is 0 Å². The summed E-state index contributed by atoms with van der Waals surface area (Å²) in [6.07, 6.45) is 1.39. The van der Waals surface area contributed by atoms with Gasteiger partial charge in [0.15, 0.2) is 11.6 Å². The SMILES string of the molecule is Cc1cc(Br)ccc1NC(=O)CN(C)C(=O)[C@H](C(C)C)n1cnc2cc(F)c(F)cc21. The minimum atomic E-state index is -1.01. The molecule has 164 valence electrons. The second-order valence-electron chi connectivity index (χ2n) is 7.80. The number of nitrogens with one attached hydrogen (secondary N) is 1. The highest BCUT2D eigenvalue weighted by Gasteiger charge is 2.29. The number of aromatic nitrogens is 2. The van der Waals surface area contributed by atoms with E-state index in [-0.39, 0.29) is 29.8 Å². The van der Waals surface area contributed by atoms with Crippen LogP contribution in [-0.4, -0.2) is 39.9 Å². The lowest BCUT2D eigenvalue weighted by molar-refractivity contribution is -0.137. The molecule has 1 N–H and O–H groups in total. The molecule has 0 saturated heterocycles. The van der Waals surface area contributed by atoms with Gasteiger partial charge in [-0.3, -0.25) is 9.59 Å². The van der Waals surface area contributed by atoms with Crippen molar-refractivity contribution >= 4 is 44.5 Å². The van der Waals surface area contributed by atoms with E-state index in [9.17, 15) is 18.4 Å². The van der Waals surface area contributed by atoms with Crippen molar-refractivity contribution in [1.82, 2.24) is 14.5 Å². The van der Waals surface area contributed by atoms with Gasteiger partial charge in [0.05, 0.1) is 23.9 Å². The van der Waals surface area contributed by atoms with Crippen LogP contribution in [0.1, 0.15) is 25.5 Å². The Hall–Kier alpha value is -2.81. The van der Waals surface area contributed by atoms with E-state index < -0.39 is 17.7 Å². The van der Waals surface area contributed by atoms with Crippen LogP contribution in [0.25, 0.3) is 11.0 Å². The summed E-state index contributed by atoms with van der Waals surface area (Å²) in [4.78, 5) is 31.1. The molecule has 31 heavy (non-hydrogen) atoms. The lowest BCUT2D eigenvalue weighted by atomic mass is 10.0. The Morgan fingerprint density at radius 1 is 1.19 bits per heavy atom. The molecule has 0 aliphatic heterocycles. The Labute approximate surface area is 187 Å². The molecule has 3 rings (SSSR count). The molecule has 0 saturated carbocycles. The van der Waals surface area contributed by atoms with Gasteiger partial charge in [0.1, 0.15) is 6.04 Å². The summed E-state index contributed by atoms with van der Waals surface area (Å²) in [5.74, 6) is -2.87. The molecule has 1 atom stereocenters. The van der Waals surface area contributed by atoms with Gasteiger partial charge in [0.2, 0.25) is 11.8 Å². The van der Waals surface area contributed by atoms with E-state index in [1.54, 1.807) is 6.07 Å². The van der Waals surface area contributed by atoms with Gasteiger partial charge in [0.25, 0.3) is 0 Å². The van der Waals surface area contributed by atoms with Gasteiger partial charge < -0.3 is 14.8 Å². The molecule has 2 aromatic carbocycles. The number of imidazole rings is 1. The van der Waals surface area contributed by atoms with Crippen LogP contribution in [0.15, 0.2) is 41.1 Å². The summed E-state index contributed by atoms with van der Waals surface area (Å²) < 4.78 is 29.8. The molecule has 2 amide bonds. The molecule has 0 radical (unpaired) electrons. The number of carbonyl (C=O) groups is 2. The fraction of sp³-hybridized carbons (Fsp3) is 0.318. The number of hydrogen-bond acceptors (Lipinski definition) is 3. The van der Waals surface area contributed by atoms with E-state index in [1.165, 1.54) is 22.8 Å². The minimum absolute atomic E-state index is 0.160. The van der Waals surface area contributed by atoms with Crippen molar-refractivity contribution in [1.29, 1.82) is 0 Å². The Bertz CT molecular complexity index is 1150. The van der Waals surface area contributed by atoms with Crippen molar-refractivity contribution in [3.05, 3.63) is 58.3 Å². The van der Waals surface area contributed by atoms with Gasteiger partial charge in [-0.2, -0.15) is 0 Å². The van der Waals surface area contributed by atoms with Crippen LogP contribution in [0.3, 0.4) is 0 Å². The fourth-order valence-electron chi connectivity index (χ4n) is 3.45. The summed E-state index contributed by atoms with van der Waals surface area (Å²) >= 11 is 3.38. The Balaban J connectivity index is 1.80. The number of halogens is 3. The molecule has 1 heterocycles. The maximum absolute atomic E-state index is 13.8. The zero-order chi connectivity index (χ0) is 22.9. The normalized spacial score (nSPS) is 12.3. The minimum Gasteiger partial charge on any atom is -0.335 e. The molecule has 0 aliphatic carbocycles. The molecule has 0 fully saturated rings. The van der Waals surface area contributed by atoms with Crippen LogP contribution in [-0.2, 0) is 9.59 Å². The number of likely N-dealkylation sites (N-methyl/N-ethyl adjacent to an activating group) is 1. The van der Waals surface area contributed by atoms with Crippen molar-refractivity contribution in [3.63, 3.8) is 0 Å².